The van der Waals surface area contributed by atoms with Crippen molar-refractivity contribution in [3.8, 4) is 0 Å². The molecule has 1 atom stereocenters. The number of hydrogen-bond acceptors (Lipinski definition) is 5. The standard InChI is InChI=1S/C15H20N2O6S/c1-11(18)16-7-8-17(14(9-16)15(19)20)24(21,22)13-5-3-12(4-6-13)10-23-2/h3-6,14H,7-10H2,1-2H3,(H,19,20). The molecule has 1 unspecified atom stereocenters. The molecule has 24 heavy (non-hydrogen) atoms. The van der Waals surface area contributed by atoms with Crippen molar-refractivity contribution in [3.63, 3.8) is 0 Å². The molecule has 1 amide bonds. The van der Waals surface area contributed by atoms with Crippen molar-refractivity contribution in [2.75, 3.05) is 26.7 Å². The van der Waals surface area contributed by atoms with Gasteiger partial charge in [0.15, 0.2) is 0 Å². The van der Waals surface area contributed by atoms with Crippen LogP contribution in [0.5, 0.6) is 0 Å². The van der Waals surface area contributed by atoms with Gasteiger partial charge in [0.1, 0.15) is 6.04 Å². The van der Waals surface area contributed by atoms with Gasteiger partial charge in [0.25, 0.3) is 0 Å². The Kier molecular flexibility index (Phi) is 5.58. The number of rotatable bonds is 5. The summed E-state index contributed by atoms with van der Waals surface area (Å²) in [5, 5.41) is 9.37. The summed E-state index contributed by atoms with van der Waals surface area (Å²) in [6, 6.07) is 4.81. The molecule has 9 heteroatoms. The molecule has 1 N–H and O–H groups in total. The van der Waals surface area contributed by atoms with Crippen molar-refractivity contribution in [1.29, 1.82) is 0 Å². The molecule has 1 aliphatic rings. The molecule has 1 aromatic rings. The molecule has 1 aromatic carbocycles. The molecule has 1 aliphatic heterocycles. The monoisotopic (exact) mass is 356 g/mol. The smallest absolute Gasteiger partial charge is 0.323 e. The van der Waals surface area contributed by atoms with E-state index in [1.807, 2.05) is 0 Å². The van der Waals surface area contributed by atoms with Crippen LogP contribution >= 0.6 is 0 Å². The second-order valence-corrected chi connectivity index (χ2v) is 7.40. The summed E-state index contributed by atoms with van der Waals surface area (Å²) in [4.78, 5) is 24.3. The third-order valence-corrected chi connectivity index (χ3v) is 5.82. The molecule has 0 radical (unpaired) electrons. The minimum Gasteiger partial charge on any atom is -0.480 e. The van der Waals surface area contributed by atoms with Crippen molar-refractivity contribution in [1.82, 2.24) is 9.21 Å². The van der Waals surface area contributed by atoms with Crippen LogP contribution in [0.15, 0.2) is 29.2 Å². The Balaban J connectivity index is 2.29. The van der Waals surface area contributed by atoms with Gasteiger partial charge in [0, 0.05) is 33.7 Å². The molecule has 8 nitrogen and oxygen atoms in total. The van der Waals surface area contributed by atoms with Crippen LogP contribution in [0.1, 0.15) is 12.5 Å². The summed E-state index contributed by atoms with van der Waals surface area (Å²) in [6.07, 6.45) is 0. The van der Waals surface area contributed by atoms with Crippen LogP contribution < -0.4 is 0 Å². The molecule has 1 saturated heterocycles. The van der Waals surface area contributed by atoms with E-state index < -0.39 is 22.0 Å². The first-order valence-corrected chi connectivity index (χ1v) is 8.79. The van der Waals surface area contributed by atoms with E-state index in [4.69, 9.17) is 4.74 Å². The number of sulfonamides is 1. The molecule has 0 aromatic heterocycles. The van der Waals surface area contributed by atoms with Crippen molar-refractivity contribution < 1.29 is 27.9 Å². The fourth-order valence-corrected chi connectivity index (χ4v) is 4.17. The first-order valence-electron chi connectivity index (χ1n) is 7.35. The first-order chi connectivity index (χ1) is 11.3. The van der Waals surface area contributed by atoms with E-state index in [1.54, 1.807) is 12.1 Å². The number of nitrogens with zero attached hydrogens (tertiary/aromatic N) is 2. The maximum atomic E-state index is 12.8. The van der Waals surface area contributed by atoms with Crippen LogP contribution in [0, 0.1) is 0 Å². The van der Waals surface area contributed by atoms with Gasteiger partial charge in [0.2, 0.25) is 15.9 Å². The average Bonchev–Trinajstić information content (AvgIpc) is 2.55. The highest BCUT2D eigenvalue weighted by Crippen LogP contribution is 2.22. The topological polar surface area (TPSA) is 104 Å². The zero-order valence-corrected chi connectivity index (χ0v) is 14.3. The van der Waals surface area contributed by atoms with E-state index in [1.165, 1.54) is 31.1 Å². The van der Waals surface area contributed by atoms with Crippen LogP contribution in [0.25, 0.3) is 0 Å². The average molecular weight is 356 g/mol. The predicted molar refractivity (Wildman–Crippen MR) is 84.7 cm³/mol. The molecule has 132 valence electrons. The Bertz CT molecular complexity index is 716. The summed E-state index contributed by atoms with van der Waals surface area (Å²) in [7, 11) is -2.43. The highest BCUT2D eigenvalue weighted by molar-refractivity contribution is 7.89. The zero-order valence-electron chi connectivity index (χ0n) is 13.5. The number of carbonyl (C=O) groups is 2. The minimum absolute atomic E-state index is 0.0184. The SMILES string of the molecule is COCc1ccc(S(=O)(=O)N2CCN(C(C)=O)CC2C(=O)O)cc1. The van der Waals surface area contributed by atoms with Gasteiger partial charge in [-0.1, -0.05) is 12.1 Å². The highest BCUT2D eigenvalue weighted by Gasteiger charge is 2.40. The molecular weight excluding hydrogens is 336 g/mol. The molecule has 0 bridgehead atoms. The summed E-state index contributed by atoms with van der Waals surface area (Å²) in [5.74, 6) is -1.55. The number of amides is 1. The second kappa shape index (κ2) is 7.29. The quantitative estimate of drug-likeness (QED) is 0.805. The third kappa shape index (κ3) is 3.74. The van der Waals surface area contributed by atoms with Gasteiger partial charge in [-0.15, -0.1) is 0 Å². The fourth-order valence-electron chi connectivity index (χ4n) is 2.60. The number of carbonyl (C=O) groups excluding carboxylic acids is 1. The summed E-state index contributed by atoms with van der Waals surface area (Å²) < 4.78 is 31.5. The van der Waals surface area contributed by atoms with Crippen LogP contribution in [-0.4, -0.2) is 67.4 Å². The molecule has 2 rings (SSSR count). The maximum absolute atomic E-state index is 12.8. The van der Waals surface area contributed by atoms with Gasteiger partial charge in [-0.2, -0.15) is 4.31 Å². The van der Waals surface area contributed by atoms with Crippen LogP contribution in [0.3, 0.4) is 0 Å². The van der Waals surface area contributed by atoms with Crippen molar-refractivity contribution >= 4 is 21.9 Å². The first kappa shape index (κ1) is 18.4. The van der Waals surface area contributed by atoms with Gasteiger partial charge in [-0.3, -0.25) is 9.59 Å². The number of methoxy groups -OCH3 is 1. The lowest BCUT2D eigenvalue weighted by atomic mass is 10.2. The number of aliphatic carboxylic acids is 1. The molecular formula is C15H20N2O6S. The summed E-state index contributed by atoms with van der Waals surface area (Å²) in [6.45, 7) is 1.64. The number of benzene rings is 1. The molecule has 0 saturated carbocycles. The van der Waals surface area contributed by atoms with E-state index in [2.05, 4.69) is 0 Å². The second-order valence-electron chi connectivity index (χ2n) is 5.51. The highest BCUT2D eigenvalue weighted by atomic mass is 32.2. The van der Waals surface area contributed by atoms with E-state index in [-0.39, 0.29) is 30.4 Å². The zero-order chi connectivity index (χ0) is 17.9. The van der Waals surface area contributed by atoms with Crippen LogP contribution in [0.2, 0.25) is 0 Å². The van der Waals surface area contributed by atoms with E-state index in [9.17, 15) is 23.1 Å². The van der Waals surface area contributed by atoms with Gasteiger partial charge >= 0.3 is 5.97 Å². The Morgan fingerprint density at radius 1 is 1.25 bits per heavy atom. The van der Waals surface area contributed by atoms with Gasteiger partial charge in [-0.05, 0) is 17.7 Å². The molecule has 1 fully saturated rings. The number of piperazine rings is 1. The van der Waals surface area contributed by atoms with Gasteiger partial charge < -0.3 is 14.7 Å². The lowest BCUT2D eigenvalue weighted by molar-refractivity contribution is -0.145. The summed E-state index contributed by atoms with van der Waals surface area (Å²) in [5.41, 5.74) is 0.813. The maximum Gasteiger partial charge on any atom is 0.323 e. The van der Waals surface area contributed by atoms with E-state index in [0.717, 1.165) is 9.87 Å². The normalized spacial score (nSPS) is 19.2. The third-order valence-electron chi connectivity index (χ3n) is 3.90. The van der Waals surface area contributed by atoms with E-state index >= 15 is 0 Å². The Morgan fingerprint density at radius 3 is 2.38 bits per heavy atom. The van der Waals surface area contributed by atoms with E-state index in [0.29, 0.717) is 6.61 Å². The Hall–Kier alpha value is -1.97. The minimum atomic E-state index is -3.96. The molecule has 0 aliphatic carbocycles. The van der Waals surface area contributed by atoms with Crippen molar-refractivity contribution in [2.45, 2.75) is 24.5 Å². The number of carboxylic acids is 1. The number of ether oxygens (including phenoxy) is 1. The molecule has 1 heterocycles. The van der Waals surface area contributed by atoms with Crippen molar-refractivity contribution in [2.24, 2.45) is 0 Å². The van der Waals surface area contributed by atoms with Crippen LogP contribution in [0.4, 0.5) is 0 Å². The largest absolute Gasteiger partial charge is 0.480 e. The Labute approximate surface area is 140 Å². The van der Waals surface area contributed by atoms with Gasteiger partial charge in [0.05, 0.1) is 11.5 Å². The number of hydrogen-bond donors (Lipinski definition) is 1. The molecule has 0 spiro atoms. The Morgan fingerprint density at radius 2 is 1.88 bits per heavy atom. The van der Waals surface area contributed by atoms with Crippen molar-refractivity contribution in [3.05, 3.63) is 29.8 Å². The lowest BCUT2D eigenvalue weighted by Crippen LogP contribution is -2.58. The fraction of sp³-hybridized carbons (Fsp3) is 0.467. The summed E-state index contributed by atoms with van der Waals surface area (Å²) >= 11 is 0. The van der Waals surface area contributed by atoms with Crippen LogP contribution in [-0.2, 0) is 31.0 Å². The number of carboxylic acid groups (broad SMARTS) is 1. The predicted octanol–water partition coefficient (Wildman–Crippen LogP) is 0.139. The van der Waals surface area contributed by atoms with Gasteiger partial charge in [-0.25, -0.2) is 8.42 Å². The lowest BCUT2D eigenvalue weighted by Gasteiger charge is -2.38.